The number of fused-ring (bicyclic) bond motifs is 3. The normalized spacial score (nSPS) is 25.0. The Hall–Kier alpha value is -6.30. The Morgan fingerprint density at radius 3 is 2.36 bits per heavy atom. The van der Waals surface area contributed by atoms with Crippen LogP contribution in [0.15, 0.2) is 30.4 Å². The van der Waals surface area contributed by atoms with Crippen LogP contribution in [-0.2, 0) is 58.9 Å². The third-order valence-corrected chi connectivity index (χ3v) is 12.9. The number of likely N-dealkylation sites (N-methyl/N-ethyl adjacent to an activating group) is 1. The third kappa shape index (κ3) is 10.6. The molecule has 2 aliphatic carbocycles. The first-order valence-electron chi connectivity index (χ1n) is 22.8. The molecule has 9 atom stereocenters. The number of amides is 6. The first-order chi connectivity index (χ1) is 32.9. The molecule has 3 heterocycles. The van der Waals surface area contributed by atoms with Crippen LogP contribution in [0.4, 0.5) is 0 Å². The molecule has 6 N–H and O–H groups in total. The van der Waals surface area contributed by atoms with Crippen molar-refractivity contribution in [2.75, 3.05) is 54.1 Å². The van der Waals surface area contributed by atoms with E-state index >= 15 is 0 Å². The molecule has 0 bridgehead atoms. The molecule has 0 unspecified atom stereocenters. The van der Waals surface area contributed by atoms with Crippen LogP contribution in [0.5, 0.6) is 17.2 Å². The lowest BCUT2D eigenvalue weighted by Crippen LogP contribution is -2.54. The maximum Gasteiger partial charge on any atom is 0.253 e. The molecular weight excluding hydrogens is 905 g/mol. The number of carbonyl (C=O) groups excluding carboxylic acids is 8. The van der Waals surface area contributed by atoms with Crippen LogP contribution in [0.3, 0.4) is 0 Å². The highest BCUT2D eigenvalue weighted by Gasteiger charge is 2.45. The molecule has 22 heteroatoms. The summed E-state index contributed by atoms with van der Waals surface area (Å²) in [5.74, 6) is -6.71. The van der Waals surface area contributed by atoms with Gasteiger partial charge in [0.25, 0.3) is 11.8 Å². The van der Waals surface area contributed by atoms with Gasteiger partial charge in [-0.05, 0) is 46.1 Å². The number of phenols is 2. The number of nitrogens with one attached hydrogen (secondary N) is 4. The van der Waals surface area contributed by atoms with Crippen molar-refractivity contribution in [1.29, 1.82) is 0 Å². The Labute approximate surface area is 397 Å². The van der Waals surface area contributed by atoms with Crippen LogP contribution in [-0.4, -0.2) is 164 Å². The predicted molar refractivity (Wildman–Crippen MR) is 239 cm³/mol. The number of hydrogen-bond acceptors (Lipinski definition) is 17. The van der Waals surface area contributed by atoms with E-state index in [4.69, 9.17) is 28.4 Å². The van der Waals surface area contributed by atoms with Crippen molar-refractivity contribution in [2.24, 2.45) is 5.92 Å². The molecule has 2 saturated heterocycles. The van der Waals surface area contributed by atoms with Gasteiger partial charge in [0.2, 0.25) is 29.4 Å². The molecule has 0 radical (unpaired) electrons. The molecule has 0 spiro atoms. The monoisotopic (exact) mass is 962 g/mol. The largest absolute Gasteiger partial charge is 0.507 e. The van der Waals surface area contributed by atoms with Gasteiger partial charge in [0.1, 0.15) is 29.3 Å². The second-order valence-corrected chi connectivity index (χ2v) is 17.5. The van der Waals surface area contributed by atoms with E-state index in [9.17, 15) is 48.6 Å². The molecule has 5 aliphatic rings. The quantitative estimate of drug-likeness (QED) is 0.0780. The van der Waals surface area contributed by atoms with Gasteiger partial charge in [0.05, 0.1) is 48.7 Å². The smallest absolute Gasteiger partial charge is 0.253 e. The highest BCUT2D eigenvalue weighted by molar-refractivity contribution is 6.31. The van der Waals surface area contributed by atoms with E-state index in [1.54, 1.807) is 0 Å². The standard InChI is InChI=1S/C47H58N6O16/c1-22(50-31(54)14-17-53-32(55)11-12-33(53)56)43(61)51-23(2)46(63)52(4)18-15-48-44(62)25-20-27-36(42(60)38-37(40(27)58)39(57)26-8-7-9-29(64-5)35(26)41(38)59)30(21-25)68-34-13-10-28(24(3)67-34)69-45-47(65-6)66-19-16-49-45/h7-9,11-12,22-25,28,30,34,45,47,49,58,60H,10,13-21H2,1-6H3,(H,48,62)(H,50,54)(H,51,61)/t22-,23-,24-,25+,28-,30-,34-,45+,47-/m0/s1. The topological polar surface area (TPSA) is 287 Å². The number of hydrogen-bond donors (Lipinski definition) is 6. The summed E-state index contributed by atoms with van der Waals surface area (Å²) in [4.78, 5) is 106. The molecule has 372 valence electrons. The van der Waals surface area contributed by atoms with Crippen molar-refractivity contribution >= 4 is 47.0 Å². The lowest BCUT2D eigenvalue weighted by atomic mass is 9.74. The van der Waals surface area contributed by atoms with Crippen molar-refractivity contribution in [1.82, 2.24) is 31.1 Å². The van der Waals surface area contributed by atoms with Gasteiger partial charge in [0, 0.05) is 87.9 Å². The molecule has 2 aromatic rings. The Morgan fingerprint density at radius 2 is 1.67 bits per heavy atom. The van der Waals surface area contributed by atoms with Gasteiger partial charge < -0.3 is 59.5 Å². The molecule has 0 aromatic heterocycles. The van der Waals surface area contributed by atoms with E-state index in [1.807, 2.05) is 6.92 Å². The minimum Gasteiger partial charge on any atom is -0.507 e. The SMILES string of the molecule is COc1cccc2c1C(=O)c1c(O)c3c(c(O)c1C2=O)C[C@@H](C(=O)NCCN(C)C(=O)[C@H](C)NC(=O)[C@H](C)NC(=O)CCN1C(=O)C=CC1=O)C[C@@H]3O[C@H]1CC[C@H](O[C@H]2NCCO[C@@H]2OC)[C@H](C)O1. The first kappa shape index (κ1) is 50.6. The molecule has 6 amide bonds. The lowest BCUT2D eigenvalue weighted by molar-refractivity contribution is -0.280. The van der Waals surface area contributed by atoms with Gasteiger partial charge in [0.15, 0.2) is 24.6 Å². The number of ether oxygens (including phenoxy) is 6. The third-order valence-electron chi connectivity index (χ3n) is 12.9. The fraction of sp³-hybridized carbons (Fsp3) is 0.532. The number of morpholine rings is 1. The molecule has 69 heavy (non-hydrogen) atoms. The number of nitrogens with zero attached hydrogens (tertiary/aromatic N) is 2. The Kier molecular flexibility index (Phi) is 15.8. The fourth-order valence-corrected chi connectivity index (χ4v) is 9.22. The summed E-state index contributed by atoms with van der Waals surface area (Å²) in [7, 11) is 4.34. The number of rotatable bonds is 17. The second kappa shape index (κ2) is 21.6. The number of benzene rings is 2. The molecule has 2 aromatic carbocycles. The summed E-state index contributed by atoms with van der Waals surface area (Å²) < 4.78 is 35.6. The van der Waals surface area contributed by atoms with Gasteiger partial charge in [-0.15, -0.1) is 0 Å². The zero-order valence-electron chi connectivity index (χ0n) is 39.2. The highest BCUT2D eigenvalue weighted by atomic mass is 16.7. The number of carbonyl (C=O) groups is 8. The number of imide groups is 1. The van der Waals surface area contributed by atoms with Crippen LogP contribution in [0.1, 0.15) is 95.5 Å². The number of phenolic OH excluding ortho intramolecular Hbond substituents is 2. The van der Waals surface area contributed by atoms with Crippen molar-refractivity contribution in [3.8, 4) is 17.2 Å². The van der Waals surface area contributed by atoms with E-state index in [2.05, 4.69) is 21.3 Å². The highest BCUT2D eigenvalue weighted by Crippen LogP contribution is 2.51. The minimum absolute atomic E-state index is 0.00675. The number of aromatic hydroxyl groups is 2. The molecular formula is C47H58N6O16. The molecule has 3 aliphatic heterocycles. The molecule has 7 rings (SSSR count). The lowest BCUT2D eigenvalue weighted by Gasteiger charge is -2.41. The average Bonchev–Trinajstić information content (AvgIpc) is 3.66. The Morgan fingerprint density at radius 1 is 0.942 bits per heavy atom. The first-order valence-corrected chi connectivity index (χ1v) is 22.8. The van der Waals surface area contributed by atoms with Crippen LogP contribution >= 0.6 is 0 Å². The van der Waals surface area contributed by atoms with Gasteiger partial charge >= 0.3 is 0 Å². The van der Waals surface area contributed by atoms with Crippen LogP contribution in [0.25, 0.3) is 0 Å². The van der Waals surface area contributed by atoms with E-state index in [-0.39, 0.29) is 73.0 Å². The second-order valence-electron chi connectivity index (χ2n) is 17.5. The maximum absolute atomic E-state index is 14.2. The van der Waals surface area contributed by atoms with Crippen molar-refractivity contribution in [2.45, 2.75) is 102 Å². The van der Waals surface area contributed by atoms with Gasteiger partial charge in [-0.25, -0.2) is 0 Å². The summed E-state index contributed by atoms with van der Waals surface area (Å²) in [6.45, 7) is 5.51. The van der Waals surface area contributed by atoms with E-state index < -0.39 is 119 Å². The van der Waals surface area contributed by atoms with Crippen molar-refractivity contribution in [3.05, 3.63) is 63.7 Å². The summed E-state index contributed by atoms with van der Waals surface area (Å²) >= 11 is 0. The molecule has 0 saturated carbocycles. The van der Waals surface area contributed by atoms with Crippen LogP contribution in [0, 0.1) is 5.92 Å². The summed E-state index contributed by atoms with van der Waals surface area (Å²) in [5, 5.41) is 35.0. The van der Waals surface area contributed by atoms with Gasteiger partial charge in [-0.2, -0.15) is 0 Å². The number of ketones is 2. The molecule has 2 fully saturated rings. The van der Waals surface area contributed by atoms with Crippen LogP contribution in [0.2, 0.25) is 0 Å². The Bertz CT molecular complexity index is 2410. The van der Waals surface area contributed by atoms with Gasteiger partial charge in [-0.3, -0.25) is 48.6 Å². The zero-order valence-corrected chi connectivity index (χ0v) is 39.2. The predicted octanol–water partition coefficient (Wildman–Crippen LogP) is 0.230. The van der Waals surface area contributed by atoms with Gasteiger partial charge in [-0.1, -0.05) is 12.1 Å². The average molecular weight is 963 g/mol. The number of methoxy groups -OCH3 is 2. The Balaban J connectivity index is 1.01. The van der Waals surface area contributed by atoms with Crippen molar-refractivity contribution < 1.29 is 77.0 Å². The van der Waals surface area contributed by atoms with Crippen molar-refractivity contribution in [3.63, 3.8) is 0 Å². The molecule has 22 nitrogen and oxygen atoms in total. The summed E-state index contributed by atoms with van der Waals surface area (Å²) in [6.07, 6.45) is -1.51. The fourth-order valence-electron chi connectivity index (χ4n) is 9.22. The van der Waals surface area contributed by atoms with E-state index in [0.717, 1.165) is 17.1 Å². The maximum atomic E-state index is 14.2. The summed E-state index contributed by atoms with van der Waals surface area (Å²) in [5.41, 5.74) is -0.821. The summed E-state index contributed by atoms with van der Waals surface area (Å²) in [6, 6.07) is 2.38. The van der Waals surface area contributed by atoms with Crippen LogP contribution < -0.4 is 26.0 Å². The zero-order chi connectivity index (χ0) is 49.8. The minimum atomic E-state index is -1.12. The van der Waals surface area contributed by atoms with E-state index in [1.165, 1.54) is 58.2 Å². The van der Waals surface area contributed by atoms with E-state index in [0.29, 0.717) is 26.0 Å².